The Hall–Kier alpha value is -1.09. The minimum atomic E-state index is -3.39. The standard InChI is InChI=1S/C14H22N4O3S/c1-12-15-5-4-14(16-12)13-3-2-6-18(11-13)22(19,20)17-7-9-21-10-8-17/h4-5,13H,2-3,6-11H2,1H3/t13-/m1/s1. The van der Waals surface area contributed by atoms with Gasteiger partial charge in [0.2, 0.25) is 0 Å². The van der Waals surface area contributed by atoms with Crippen LogP contribution in [-0.4, -0.2) is 66.4 Å². The van der Waals surface area contributed by atoms with Crippen molar-refractivity contribution in [1.82, 2.24) is 18.6 Å². The third-order valence-electron chi connectivity index (χ3n) is 4.22. The number of aromatic nitrogens is 2. The average molecular weight is 326 g/mol. The lowest BCUT2D eigenvalue weighted by Gasteiger charge is -2.36. The molecule has 22 heavy (non-hydrogen) atoms. The van der Waals surface area contributed by atoms with Gasteiger partial charge in [-0.05, 0) is 25.8 Å². The first-order chi connectivity index (χ1) is 10.6. The lowest BCUT2D eigenvalue weighted by molar-refractivity contribution is 0.0695. The zero-order valence-corrected chi connectivity index (χ0v) is 13.6. The summed E-state index contributed by atoms with van der Waals surface area (Å²) in [4.78, 5) is 8.57. The van der Waals surface area contributed by atoms with Crippen LogP contribution in [0.3, 0.4) is 0 Å². The van der Waals surface area contributed by atoms with Crippen molar-refractivity contribution < 1.29 is 13.2 Å². The predicted molar refractivity (Wildman–Crippen MR) is 81.6 cm³/mol. The second-order valence-electron chi connectivity index (χ2n) is 5.75. The van der Waals surface area contributed by atoms with E-state index in [0.29, 0.717) is 39.4 Å². The first kappa shape index (κ1) is 15.8. The molecule has 2 fully saturated rings. The SMILES string of the molecule is Cc1nccc([C@@H]2CCCN(S(=O)(=O)N3CCOCC3)C2)n1. The van der Waals surface area contributed by atoms with E-state index in [2.05, 4.69) is 9.97 Å². The van der Waals surface area contributed by atoms with Gasteiger partial charge in [0, 0.05) is 44.0 Å². The van der Waals surface area contributed by atoms with Crippen molar-refractivity contribution in [1.29, 1.82) is 0 Å². The molecule has 0 N–H and O–H groups in total. The summed E-state index contributed by atoms with van der Waals surface area (Å²) >= 11 is 0. The molecule has 2 aliphatic heterocycles. The summed E-state index contributed by atoms with van der Waals surface area (Å²) in [5.41, 5.74) is 0.939. The molecular weight excluding hydrogens is 304 g/mol. The van der Waals surface area contributed by atoms with E-state index in [1.807, 2.05) is 13.0 Å². The Labute approximate surface area is 131 Å². The molecule has 122 valence electrons. The van der Waals surface area contributed by atoms with Crippen LogP contribution in [0, 0.1) is 6.92 Å². The predicted octanol–water partition coefficient (Wildman–Crippen LogP) is 0.541. The van der Waals surface area contributed by atoms with Gasteiger partial charge in [-0.3, -0.25) is 0 Å². The Morgan fingerprint density at radius 3 is 2.73 bits per heavy atom. The fourth-order valence-corrected chi connectivity index (χ4v) is 4.70. The van der Waals surface area contributed by atoms with Gasteiger partial charge in [-0.1, -0.05) is 0 Å². The summed E-state index contributed by atoms with van der Waals surface area (Å²) in [6, 6.07) is 1.89. The molecule has 3 heterocycles. The average Bonchev–Trinajstić information content (AvgIpc) is 2.56. The Morgan fingerprint density at radius 2 is 2.00 bits per heavy atom. The molecular formula is C14H22N4O3S. The van der Waals surface area contributed by atoms with Crippen molar-refractivity contribution >= 4 is 10.2 Å². The summed E-state index contributed by atoms with van der Waals surface area (Å²) in [6.45, 7) is 4.76. The highest BCUT2D eigenvalue weighted by molar-refractivity contribution is 7.86. The van der Waals surface area contributed by atoms with Gasteiger partial charge in [-0.2, -0.15) is 17.0 Å². The fourth-order valence-electron chi connectivity index (χ4n) is 3.04. The molecule has 0 aliphatic carbocycles. The maximum Gasteiger partial charge on any atom is 0.282 e. The minimum absolute atomic E-state index is 0.145. The topological polar surface area (TPSA) is 75.6 Å². The molecule has 0 bridgehead atoms. The number of ether oxygens (including phenoxy) is 1. The van der Waals surface area contributed by atoms with E-state index in [9.17, 15) is 8.42 Å². The maximum atomic E-state index is 12.7. The molecule has 8 heteroatoms. The Balaban J connectivity index is 1.75. The van der Waals surface area contributed by atoms with Crippen LogP contribution in [0.4, 0.5) is 0 Å². The van der Waals surface area contributed by atoms with Crippen molar-refractivity contribution in [3.8, 4) is 0 Å². The van der Waals surface area contributed by atoms with Crippen LogP contribution >= 0.6 is 0 Å². The first-order valence-electron chi connectivity index (χ1n) is 7.70. The largest absolute Gasteiger partial charge is 0.379 e. The van der Waals surface area contributed by atoms with Gasteiger partial charge >= 0.3 is 0 Å². The second-order valence-corrected chi connectivity index (χ2v) is 7.67. The third-order valence-corrected chi connectivity index (χ3v) is 6.22. The number of nitrogens with zero attached hydrogens (tertiary/aromatic N) is 4. The van der Waals surface area contributed by atoms with E-state index in [0.717, 1.165) is 24.4 Å². The zero-order chi connectivity index (χ0) is 15.6. The summed E-state index contributed by atoms with van der Waals surface area (Å²) in [5.74, 6) is 0.872. The van der Waals surface area contributed by atoms with Crippen LogP contribution in [0.2, 0.25) is 0 Å². The molecule has 3 rings (SSSR count). The van der Waals surface area contributed by atoms with Gasteiger partial charge < -0.3 is 4.74 Å². The number of hydrogen-bond donors (Lipinski definition) is 0. The van der Waals surface area contributed by atoms with Gasteiger partial charge in [0.15, 0.2) is 0 Å². The Kier molecular flexibility index (Phi) is 4.72. The molecule has 1 aromatic rings. The van der Waals surface area contributed by atoms with Gasteiger partial charge in [0.1, 0.15) is 5.82 Å². The van der Waals surface area contributed by atoms with Gasteiger partial charge in [0.05, 0.1) is 13.2 Å². The summed E-state index contributed by atoms with van der Waals surface area (Å²) < 4.78 is 33.9. The van der Waals surface area contributed by atoms with E-state index in [1.54, 1.807) is 10.5 Å². The van der Waals surface area contributed by atoms with E-state index in [4.69, 9.17) is 4.74 Å². The van der Waals surface area contributed by atoms with Crippen molar-refractivity contribution in [3.05, 3.63) is 23.8 Å². The lowest BCUT2D eigenvalue weighted by atomic mass is 9.96. The number of piperidine rings is 1. The third kappa shape index (κ3) is 3.29. The highest BCUT2D eigenvalue weighted by atomic mass is 32.2. The van der Waals surface area contributed by atoms with Crippen molar-refractivity contribution in [2.24, 2.45) is 0 Å². The molecule has 0 spiro atoms. The molecule has 1 atom stereocenters. The lowest BCUT2D eigenvalue weighted by Crippen LogP contribution is -2.51. The molecule has 2 aliphatic rings. The highest BCUT2D eigenvalue weighted by Gasteiger charge is 2.35. The Morgan fingerprint density at radius 1 is 1.23 bits per heavy atom. The monoisotopic (exact) mass is 326 g/mol. The molecule has 0 saturated carbocycles. The summed E-state index contributed by atoms with van der Waals surface area (Å²) in [5, 5.41) is 0. The number of aryl methyl sites for hydroxylation is 1. The molecule has 0 radical (unpaired) electrons. The molecule has 0 amide bonds. The second kappa shape index (κ2) is 6.57. The maximum absolute atomic E-state index is 12.7. The fraction of sp³-hybridized carbons (Fsp3) is 0.714. The first-order valence-corrected chi connectivity index (χ1v) is 9.09. The van der Waals surface area contributed by atoms with Crippen LogP contribution in [0.25, 0.3) is 0 Å². The van der Waals surface area contributed by atoms with Gasteiger partial charge in [0.25, 0.3) is 10.2 Å². The number of hydrogen-bond acceptors (Lipinski definition) is 5. The van der Waals surface area contributed by atoms with Crippen LogP contribution in [0.15, 0.2) is 12.3 Å². The zero-order valence-electron chi connectivity index (χ0n) is 12.8. The normalized spacial score (nSPS) is 25.2. The van der Waals surface area contributed by atoms with Crippen LogP contribution < -0.4 is 0 Å². The van der Waals surface area contributed by atoms with E-state index in [1.165, 1.54) is 4.31 Å². The molecule has 2 saturated heterocycles. The molecule has 7 nitrogen and oxygen atoms in total. The summed E-state index contributed by atoms with van der Waals surface area (Å²) in [6.07, 6.45) is 3.57. The minimum Gasteiger partial charge on any atom is -0.379 e. The molecule has 1 aromatic heterocycles. The van der Waals surface area contributed by atoms with Crippen LogP contribution in [0.1, 0.15) is 30.3 Å². The van der Waals surface area contributed by atoms with Crippen molar-refractivity contribution in [2.45, 2.75) is 25.7 Å². The number of rotatable bonds is 3. The summed E-state index contributed by atoms with van der Waals surface area (Å²) in [7, 11) is -3.39. The quantitative estimate of drug-likeness (QED) is 0.810. The van der Waals surface area contributed by atoms with E-state index in [-0.39, 0.29) is 5.92 Å². The number of morpholine rings is 1. The Bertz CT molecular complexity index is 616. The van der Waals surface area contributed by atoms with Crippen LogP contribution in [0.5, 0.6) is 0 Å². The van der Waals surface area contributed by atoms with Gasteiger partial charge in [-0.25, -0.2) is 9.97 Å². The highest BCUT2D eigenvalue weighted by Crippen LogP contribution is 2.28. The van der Waals surface area contributed by atoms with Crippen molar-refractivity contribution in [2.75, 3.05) is 39.4 Å². The van der Waals surface area contributed by atoms with Crippen molar-refractivity contribution in [3.63, 3.8) is 0 Å². The molecule has 0 aromatic carbocycles. The van der Waals surface area contributed by atoms with E-state index >= 15 is 0 Å². The molecule has 0 unspecified atom stereocenters. The van der Waals surface area contributed by atoms with Gasteiger partial charge in [-0.15, -0.1) is 0 Å². The smallest absolute Gasteiger partial charge is 0.282 e. The van der Waals surface area contributed by atoms with E-state index < -0.39 is 10.2 Å². The van der Waals surface area contributed by atoms with Crippen LogP contribution in [-0.2, 0) is 14.9 Å².